The van der Waals surface area contributed by atoms with E-state index >= 15 is 0 Å². The van der Waals surface area contributed by atoms with Gasteiger partial charge in [0.25, 0.3) is 0 Å². The Kier molecular flexibility index (Phi) is 4.87. The van der Waals surface area contributed by atoms with Crippen molar-refractivity contribution in [1.29, 1.82) is 0 Å². The van der Waals surface area contributed by atoms with Gasteiger partial charge in [-0.05, 0) is 19.3 Å². The zero-order chi connectivity index (χ0) is 9.52. The Bertz CT molecular complexity index is 159. The maximum atomic E-state index is 10.7. The number of hydrogen-bond acceptors (Lipinski definition) is 1. The molecule has 1 aliphatic rings. The second kappa shape index (κ2) is 6.01. The van der Waals surface area contributed by atoms with Gasteiger partial charge in [0.2, 0.25) is 0 Å². The monoisotopic (exact) mass is 183 g/mol. The number of hydrogen-bond donors (Lipinski definition) is 1. The lowest BCUT2D eigenvalue weighted by atomic mass is 9.84. The minimum absolute atomic E-state index is 0.581. The lowest BCUT2D eigenvalue weighted by Gasteiger charge is -2.20. The van der Waals surface area contributed by atoms with E-state index in [9.17, 15) is 5.21 Å². The lowest BCUT2D eigenvalue weighted by Crippen LogP contribution is -2.67. The van der Waals surface area contributed by atoms with Crippen molar-refractivity contribution < 1.29 is 5.16 Å². The van der Waals surface area contributed by atoms with Crippen LogP contribution in [0.3, 0.4) is 0 Å². The second-order valence-electron chi connectivity index (χ2n) is 4.07. The molecule has 0 unspecified atom stereocenters. The van der Waals surface area contributed by atoms with Crippen LogP contribution in [0, 0.1) is 11.1 Å². The Hall–Kier alpha value is -0.530. The molecule has 0 aliphatic heterocycles. The minimum atomic E-state index is 0.581. The van der Waals surface area contributed by atoms with Gasteiger partial charge < -0.3 is 5.21 Å². The molecule has 76 valence electrons. The first-order chi connectivity index (χ1) is 6.38. The summed E-state index contributed by atoms with van der Waals surface area (Å²) in [5.74, 6) is 0.581. The molecule has 1 rings (SSSR count). The second-order valence-corrected chi connectivity index (χ2v) is 4.07. The predicted octanol–water partition coefficient (Wildman–Crippen LogP) is 1.78. The largest absolute Gasteiger partial charge is 0.625 e. The summed E-state index contributed by atoms with van der Waals surface area (Å²) in [7, 11) is 0. The fourth-order valence-corrected chi connectivity index (χ4v) is 2.16. The smallest absolute Gasteiger partial charge is 0.164 e. The van der Waals surface area contributed by atoms with Gasteiger partial charge in [0, 0.05) is 12.3 Å². The fraction of sp³-hybridized carbons (Fsp3) is 0.909. The van der Waals surface area contributed by atoms with E-state index in [1.807, 2.05) is 0 Å². The highest BCUT2D eigenvalue weighted by Crippen LogP contribution is 2.25. The first-order valence-corrected chi connectivity index (χ1v) is 5.62. The van der Waals surface area contributed by atoms with E-state index in [-0.39, 0.29) is 0 Å². The van der Waals surface area contributed by atoms with Crippen molar-refractivity contribution in [1.82, 2.24) is 0 Å². The van der Waals surface area contributed by atoms with Gasteiger partial charge in [0.1, 0.15) is 0 Å². The van der Waals surface area contributed by atoms with Crippen LogP contribution >= 0.6 is 0 Å². The summed E-state index contributed by atoms with van der Waals surface area (Å²) >= 11 is 0. The van der Waals surface area contributed by atoms with Gasteiger partial charge >= 0.3 is 0 Å². The quantitative estimate of drug-likeness (QED) is 0.402. The van der Waals surface area contributed by atoms with Crippen LogP contribution < -0.4 is 5.16 Å². The van der Waals surface area contributed by atoms with E-state index in [1.54, 1.807) is 0 Å². The van der Waals surface area contributed by atoms with Crippen LogP contribution in [0.1, 0.15) is 58.3 Å². The molecule has 0 amide bonds. The molecule has 0 spiro atoms. The molecule has 1 aliphatic carbocycles. The molecule has 2 heteroatoms. The third-order valence-corrected chi connectivity index (χ3v) is 3.03. The molecular formula is C11H21NO. The van der Waals surface area contributed by atoms with Crippen molar-refractivity contribution in [2.24, 2.45) is 5.92 Å². The molecule has 0 heterocycles. The van der Waals surface area contributed by atoms with Gasteiger partial charge in [-0.25, -0.2) is 5.16 Å². The molecule has 1 N–H and O–H groups in total. The van der Waals surface area contributed by atoms with Crippen molar-refractivity contribution in [3.05, 3.63) is 5.21 Å². The van der Waals surface area contributed by atoms with Crippen LogP contribution in [0.4, 0.5) is 0 Å². The maximum Gasteiger partial charge on any atom is 0.164 e. The maximum absolute atomic E-state index is 10.7. The molecule has 0 atom stereocenters. The van der Waals surface area contributed by atoms with Gasteiger partial charge in [0.15, 0.2) is 5.71 Å². The highest BCUT2D eigenvalue weighted by Gasteiger charge is 2.21. The molecule has 0 aromatic carbocycles. The van der Waals surface area contributed by atoms with E-state index < -0.39 is 0 Å². The van der Waals surface area contributed by atoms with Crippen molar-refractivity contribution in [3.63, 3.8) is 0 Å². The van der Waals surface area contributed by atoms with Crippen molar-refractivity contribution >= 4 is 5.71 Å². The van der Waals surface area contributed by atoms with Gasteiger partial charge in [-0.15, -0.1) is 0 Å². The number of nitrogens with one attached hydrogen (secondary N) is 1. The number of unbranched alkanes of at least 4 members (excludes halogenated alkanes) is 1. The molecule has 2 nitrogen and oxygen atoms in total. The fourth-order valence-electron chi connectivity index (χ4n) is 2.16. The van der Waals surface area contributed by atoms with Crippen molar-refractivity contribution in [2.75, 3.05) is 0 Å². The van der Waals surface area contributed by atoms with E-state index in [0.29, 0.717) is 5.92 Å². The molecule has 0 aromatic rings. The van der Waals surface area contributed by atoms with Crippen LogP contribution in [0.2, 0.25) is 0 Å². The summed E-state index contributed by atoms with van der Waals surface area (Å²) in [6.07, 6.45) is 9.76. The van der Waals surface area contributed by atoms with Gasteiger partial charge in [-0.2, -0.15) is 0 Å². The Balaban J connectivity index is 2.36. The third kappa shape index (κ3) is 3.37. The summed E-state index contributed by atoms with van der Waals surface area (Å²) in [6.45, 7) is 2.17. The first kappa shape index (κ1) is 10.6. The zero-order valence-corrected chi connectivity index (χ0v) is 8.64. The average Bonchev–Trinajstić information content (AvgIpc) is 2.21. The van der Waals surface area contributed by atoms with Crippen LogP contribution in [0.25, 0.3) is 0 Å². The molecule has 1 fully saturated rings. The van der Waals surface area contributed by atoms with Crippen LogP contribution in [0.15, 0.2) is 0 Å². The van der Waals surface area contributed by atoms with Crippen LogP contribution in [-0.2, 0) is 0 Å². The predicted molar refractivity (Wildman–Crippen MR) is 55.4 cm³/mol. The van der Waals surface area contributed by atoms with E-state index in [1.165, 1.54) is 38.5 Å². The highest BCUT2D eigenvalue weighted by atomic mass is 16.4. The van der Waals surface area contributed by atoms with Crippen LogP contribution in [0.5, 0.6) is 0 Å². The average molecular weight is 183 g/mol. The van der Waals surface area contributed by atoms with Gasteiger partial charge in [0.05, 0.1) is 0 Å². The minimum Gasteiger partial charge on any atom is -0.625 e. The Morgan fingerprint density at radius 3 is 2.54 bits per heavy atom. The molecule has 0 aromatic heterocycles. The molecule has 0 radical (unpaired) electrons. The normalized spacial score (nSPS) is 20.5. The first-order valence-electron chi connectivity index (χ1n) is 5.62. The van der Waals surface area contributed by atoms with Crippen molar-refractivity contribution in [3.8, 4) is 0 Å². The van der Waals surface area contributed by atoms with Crippen molar-refractivity contribution in [2.45, 2.75) is 58.3 Å². The zero-order valence-electron chi connectivity index (χ0n) is 8.64. The summed E-state index contributed by atoms with van der Waals surface area (Å²) in [4.78, 5) is 0. The summed E-state index contributed by atoms with van der Waals surface area (Å²) in [6, 6.07) is 0. The lowest BCUT2D eigenvalue weighted by molar-refractivity contribution is -0.378. The third-order valence-electron chi connectivity index (χ3n) is 3.03. The topological polar surface area (TPSA) is 37.0 Å². The highest BCUT2D eigenvalue weighted by molar-refractivity contribution is 5.81. The van der Waals surface area contributed by atoms with E-state index in [2.05, 4.69) is 12.1 Å². The van der Waals surface area contributed by atoms with Gasteiger partial charge in [-0.3, -0.25) is 0 Å². The molecule has 0 saturated heterocycles. The Morgan fingerprint density at radius 2 is 2.00 bits per heavy atom. The standard InChI is InChI=1S/C11H21NO/c1-2-3-9-11(12-13)10-7-5-4-6-8-10/h10,12H,2-9H2,1H3. The van der Waals surface area contributed by atoms with Gasteiger partial charge in [-0.1, -0.05) is 32.6 Å². The summed E-state index contributed by atoms with van der Waals surface area (Å²) in [5, 5.41) is 12.9. The van der Waals surface area contributed by atoms with E-state index in [0.717, 1.165) is 18.6 Å². The Morgan fingerprint density at radius 1 is 1.31 bits per heavy atom. The summed E-state index contributed by atoms with van der Waals surface area (Å²) in [5.41, 5.74) is 1.07. The molecule has 1 saturated carbocycles. The Labute approximate surface area is 81.0 Å². The van der Waals surface area contributed by atoms with Crippen LogP contribution in [-0.4, -0.2) is 5.71 Å². The SMILES string of the molecule is CCCCC(=[NH+][O-])C1CCCCC1. The number of rotatable bonds is 4. The molecule has 13 heavy (non-hydrogen) atoms. The summed E-state index contributed by atoms with van der Waals surface area (Å²) < 4.78 is 0. The van der Waals surface area contributed by atoms with E-state index in [4.69, 9.17) is 0 Å². The molecule has 0 bridgehead atoms. The molecular weight excluding hydrogens is 162 g/mol.